The number of para-hydroxylation sites is 1. The van der Waals surface area contributed by atoms with Crippen molar-refractivity contribution in [1.82, 2.24) is 4.90 Å². The van der Waals surface area contributed by atoms with E-state index in [-0.39, 0.29) is 11.8 Å². The van der Waals surface area contributed by atoms with Crippen LogP contribution in [0.5, 0.6) is 11.5 Å². The van der Waals surface area contributed by atoms with E-state index < -0.39 is 0 Å². The van der Waals surface area contributed by atoms with Crippen molar-refractivity contribution in [2.45, 2.75) is 26.3 Å². The number of methoxy groups -OCH3 is 1. The number of piperidine rings is 1. The monoisotopic (exact) mass is 444 g/mol. The molecule has 5 nitrogen and oxygen atoms in total. The van der Waals surface area contributed by atoms with Crippen molar-refractivity contribution in [3.8, 4) is 22.6 Å². The lowest BCUT2D eigenvalue weighted by Crippen LogP contribution is -2.37. The molecule has 0 aromatic heterocycles. The number of likely N-dealkylation sites (tertiary alicyclic amines) is 1. The lowest BCUT2D eigenvalue weighted by Gasteiger charge is -2.31. The van der Waals surface area contributed by atoms with Crippen molar-refractivity contribution in [2.75, 3.05) is 32.1 Å². The van der Waals surface area contributed by atoms with Gasteiger partial charge in [0.1, 0.15) is 11.5 Å². The molecule has 172 valence electrons. The minimum absolute atomic E-state index is 0.0277. The Kier molecular flexibility index (Phi) is 7.63. The number of nitrogens with one attached hydrogen (secondary N) is 1. The summed E-state index contributed by atoms with van der Waals surface area (Å²) in [5.41, 5.74) is 4.13. The zero-order chi connectivity index (χ0) is 23.0. The SMILES string of the molecule is CCOc1ccc(CN2CCC(C(=O)Nc3ccccc3-c3cccc(OC)c3)CC2)cc1. The summed E-state index contributed by atoms with van der Waals surface area (Å²) in [5.74, 6) is 1.84. The van der Waals surface area contributed by atoms with Gasteiger partial charge >= 0.3 is 0 Å². The van der Waals surface area contributed by atoms with Gasteiger partial charge in [-0.15, -0.1) is 0 Å². The van der Waals surface area contributed by atoms with Crippen LogP contribution in [0.4, 0.5) is 5.69 Å². The standard InChI is InChI=1S/C28H32N2O3/c1-3-33-24-13-11-21(12-14-24)20-30-17-15-22(16-18-30)28(31)29-27-10-5-4-9-26(27)23-7-6-8-25(19-23)32-2/h4-14,19,22H,3,15-18,20H2,1-2H3,(H,29,31). The van der Waals surface area contributed by atoms with Crippen LogP contribution in [0.1, 0.15) is 25.3 Å². The van der Waals surface area contributed by atoms with Crippen LogP contribution in [-0.4, -0.2) is 37.6 Å². The number of anilines is 1. The Hall–Kier alpha value is -3.31. The summed E-state index contributed by atoms with van der Waals surface area (Å²) < 4.78 is 10.9. The Bertz CT molecular complexity index is 1060. The van der Waals surface area contributed by atoms with E-state index in [0.29, 0.717) is 6.61 Å². The molecule has 0 atom stereocenters. The van der Waals surface area contributed by atoms with Gasteiger partial charge in [-0.3, -0.25) is 9.69 Å². The van der Waals surface area contributed by atoms with Crippen LogP contribution in [-0.2, 0) is 11.3 Å². The number of hydrogen-bond acceptors (Lipinski definition) is 4. The molecule has 1 amide bonds. The average molecular weight is 445 g/mol. The molecular formula is C28H32N2O3. The Morgan fingerprint density at radius 3 is 2.45 bits per heavy atom. The molecular weight excluding hydrogens is 412 g/mol. The molecule has 0 bridgehead atoms. The first kappa shape index (κ1) is 22.9. The minimum atomic E-state index is 0.0277. The highest BCUT2D eigenvalue weighted by Crippen LogP contribution is 2.31. The summed E-state index contributed by atoms with van der Waals surface area (Å²) in [6.07, 6.45) is 1.73. The van der Waals surface area contributed by atoms with Crippen molar-refractivity contribution in [3.05, 3.63) is 78.4 Å². The van der Waals surface area contributed by atoms with E-state index in [2.05, 4.69) is 22.3 Å². The Morgan fingerprint density at radius 1 is 0.970 bits per heavy atom. The second-order valence-electron chi connectivity index (χ2n) is 8.39. The van der Waals surface area contributed by atoms with E-state index in [1.165, 1.54) is 5.56 Å². The first-order chi connectivity index (χ1) is 16.2. The van der Waals surface area contributed by atoms with Gasteiger partial charge in [0.15, 0.2) is 0 Å². The predicted octanol–water partition coefficient (Wildman–Crippen LogP) is 5.61. The third-order valence-corrected chi connectivity index (χ3v) is 6.16. The molecule has 5 heteroatoms. The van der Waals surface area contributed by atoms with Crippen molar-refractivity contribution in [2.24, 2.45) is 5.92 Å². The summed E-state index contributed by atoms with van der Waals surface area (Å²) in [5, 5.41) is 3.19. The normalized spacial score (nSPS) is 14.6. The van der Waals surface area contributed by atoms with Gasteiger partial charge in [0, 0.05) is 23.7 Å². The van der Waals surface area contributed by atoms with Gasteiger partial charge in [0.25, 0.3) is 0 Å². The maximum atomic E-state index is 13.1. The Balaban J connectivity index is 1.34. The molecule has 0 saturated carbocycles. The Labute approximate surface area is 196 Å². The van der Waals surface area contributed by atoms with Gasteiger partial charge in [-0.05, 0) is 74.3 Å². The molecule has 1 saturated heterocycles. The maximum absolute atomic E-state index is 13.1. The number of nitrogens with zero attached hydrogens (tertiary/aromatic N) is 1. The fourth-order valence-corrected chi connectivity index (χ4v) is 4.34. The fourth-order valence-electron chi connectivity index (χ4n) is 4.34. The van der Waals surface area contributed by atoms with Gasteiger partial charge in [0.2, 0.25) is 5.91 Å². The van der Waals surface area contributed by atoms with E-state index in [0.717, 1.165) is 60.8 Å². The molecule has 1 N–H and O–H groups in total. The first-order valence-corrected chi connectivity index (χ1v) is 11.6. The molecule has 1 fully saturated rings. The number of rotatable bonds is 8. The number of carbonyl (C=O) groups excluding carboxylic acids is 1. The summed E-state index contributed by atoms with van der Waals surface area (Å²) >= 11 is 0. The highest BCUT2D eigenvalue weighted by Gasteiger charge is 2.25. The number of ether oxygens (including phenoxy) is 2. The zero-order valence-electron chi connectivity index (χ0n) is 19.4. The van der Waals surface area contributed by atoms with Crippen molar-refractivity contribution >= 4 is 11.6 Å². The topological polar surface area (TPSA) is 50.8 Å². The van der Waals surface area contributed by atoms with E-state index in [1.807, 2.05) is 67.6 Å². The summed E-state index contributed by atoms with van der Waals surface area (Å²) in [6.45, 7) is 5.41. The number of carbonyl (C=O) groups is 1. The van der Waals surface area contributed by atoms with Crippen LogP contribution < -0.4 is 14.8 Å². The van der Waals surface area contributed by atoms with Gasteiger partial charge in [-0.25, -0.2) is 0 Å². The van der Waals surface area contributed by atoms with Crippen LogP contribution in [0, 0.1) is 5.92 Å². The van der Waals surface area contributed by atoms with Crippen LogP contribution in [0.3, 0.4) is 0 Å². The van der Waals surface area contributed by atoms with Crippen LogP contribution in [0.2, 0.25) is 0 Å². The molecule has 3 aromatic carbocycles. The van der Waals surface area contributed by atoms with Crippen molar-refractivity contribution in [3.63, 3.8) is 0 Å². The van der Waals surface area contributed by atoms with Gasteiger partial charge in [-0.1, -0.05) is 42.5 Å². The van der Waals surface area contributed by atoms with E-state index >= 15 is 0 Å². The third-order valence-electron chi connectivity index (χ3n) is 6.16. The predicted molar refractivity (Wildman–Crippen MR) is 133 cm³/mol. The lowest BCUT2D eigenvalue weighted by atomic mass is 9.95. The summed E-state index contributed by atoms with van der Waals surface area (Å²) in [4.78, 5) is 15.5. The van der Waals surface area contributed by atoms with Crippen LogP contribution in [0.25, 0.3) is 11.1 Å². The van der Waals surface area contributed by atoms with Crippen molar-refractivity contribution < 1.29 is 14.3 Å². The fraction of sp³-hybridized carbons (Fsp3) is 0.321. The molecule has 0 unspecified atom stereocenters. The summed E-state index contributed by atoms with van der Waals surface area (Å²) in [6, 6.07) is 24.2. The van der Waals surface area contributed by atoms with E-state index in [4.69, 9.17) is 9.47 Å². The average Bonchev–Trinajstić information content (AvgIpc) is 2.86. The largest absolute Gasteiger partial charge is 0.497 e. The smallest absolute Gasteiger partial charge is 0.227 e. The first-order valence-electron chi connectivity index (χ1n) is 11.6. The summed E-state index contributed by atoms with van der Waals surface area (Å²) in [7, 11) is 1.66. The highest BCUT2D eigenvalue weighted by atomic mass is 16.5. The molecule has 0 spiro atoms. The highest BCUT2D eigenvalue weighted by molar-refractivity contribution is 5.96. The third kappa shape index (κ3) is 5.93. The van der Waals surface area contributed by atoms with Gasteiger partial charge in [-0.2, -0.15) is 0 Å². The van der Waals surface area contributed by atoms with E-state index in [1.54, 1.807) is 7.11 Å². The minimum Gasteiger partial charge on any atom is -0.497 e. The molecule has 3 aromatic rings. The second kappa shape index (κ2) is 11.0. The maximum Gasteiger partial charge on any atom is 0.227 e. The van der Waals surface area contributed by atoms with E-state index in [9.17, 15) is 4.79 Å². The van der Waals surface area contributed by atoms with Gasteiger partial charge in [0.05, 0.1) is 13.7 Å². The van der Waals surface area contributed by atoms with Crippen LogP contribution in [0.15, 0.2) is 72.8 Å². The van der Waals surface area contributed by atoms with Gasteiger partial charge < -0.3 is 14.8 Å². The zero-order valence-corrected chi connectivity index (χ0v) is 19.4. The molecule has 1 heterocycles. The number of benzene rings is 3. The van der Waals surface area contributed by atoms with Crippen molar-refractivity contribution in [1.29, 1.82) is 0 Å². The molecule has 1 aliphatic rings. The quantitative estimate of drug-likeness (QED) is 0.491. The molecule has 0 radical (unpaired) electrons. The van der Waals surface area contributed by atoms with Crippen LogP contribution >= 0.6 is 0 Å². The molecule has 0 aliphatic carbocycles. The lowest BCUT2D eigenvalue weighted by molar-refractivity contribution is -0.121. The molecule has 1 aliphatic heterocycles. The second-order valence-corrected chi connectivity index (χ2v) is 8.39. The number of amides is 1. The Morgan fingerprint density at radius 2 is 1.73 bits per heavy atom. The molecule has 33 heavy (non-hydrogen) atoms. The number of hydrogen-bond donors (Lipinski definition) is 1. The molecule has 4 rings (SSSR count).